The van der Waals surface area contributed by atoms with E-state index in [2.05, 4.69) is 0 Å². The minimum Gasteiger partial charge on any atom is -0.480 e. The Bertz CT molecular complexity index is 517. The molecule has 1 amide bonds. The molecular weight excluding hydrogens is 278 g/mol. The molecular formula is C14H17NO4S. The van der Waals surface area contributed by atoms with Crippen molar-refractivity contribution in [2.75, 3.05) is 0 Å². The van der Waals surface area contributed by atoms with E-state index in [9.17, 15) is 19.8 Å². The lowest BCUT2D eigenvalue weighted by molar-refractivity contribution is -0.143. The monoisotopic (exact) mass is 295 g/mol. The summed E-state index contributed by atoms with van der Waals surface area (Å²) in [5.41, 5.74) is 0.998. The molecule has 0 aromatic heterocycles. The highest BCUT2D eigenvalue weighted by Crippen LogP contribution is 2.45. The highest BCUT2D eigenvalue weighted by atomic mass is 32.2. The zero-order chi connectivity index (χ0) is 14.9. The fourth-order valence-electron chi connectivity index (χ4n) is 2.58. The molecule has 5 nitrogen and oxygen atoms in total. The predicted molar refractivity (Wildman–Crippen MR) is 76.9 cm³/mol. The summed E-state index contributed by atoms with van der Waals surface area (Å²) in [4.78, 5) is 23.9. The van der Waals surface area contributed by atoms with Gasteiger partial charge in [0, 0.05) is 11.2 Å². The van der Waals surface area contributed by atoms with E-state index in [4.69, 9.17) is 0 Å². The number of amides is 1. The quantitative estimate of drug-likeness (QED) is 0.896. The minimum atomic E-state index is -1.18. The topological polar surface area (TPSA) is 77.8 Å². The molecule has 1 aliphatic rings. The number of hydrogen-bond donors (Lipinski definition) is 2. The Morgan fingerprint density at radius 1 is 1.25 bits per heavy atom. The van der Waals surface area contributed by atoms with Crippen molar-refractivity contribution in [1.82, 2.24) is 4.90 Å². The standard InChI is InChI=1S/C14H17NO4S/c1-14(2)11(12(16)17)15(13(18)19)10(20-14)8-9-6-4-3-5-7-9/h3-7,10-11H,8H2,1-2H3,(H,16,17)(H,18,19)/t10?,11-/m0/s1. The third-order valence-electron chi connectivity index (χ3n) is 3.39. The van der Waals surface area contributed by atoms with Crippen molar-refractivity contribution < 1.29 is 19.8 Å². The van der Waals surface area contributed by atoms with Gasteiger partial charge in [0.15, 0.2) is 0 Å². The van der Waals surface area contributed by atoms with Gasteiger partial charge in [-0.15, -0.1) is 11.8 Å². The number of carboxylic acids is 1. The first-order chi connectivity index (χ1) is 9.33. The molecule has 20 heavy (non-hydrogen) atoms. The van der Waals surface area contributed by atoms with E-state index in [1.54, 1.807) is 13.8 Å². The summed E-state index contributed by atoms with van der Waals surface area (Å²) in [6, 6.07) is 8.48. The molecule has 0 bridgehead atoms. The van der Waals surface area contributed by atoms with E-state index >= 15 is 0 Å². The molecule has 0 spiro atoms. The summed E-state index contributed by atoms with van der Waals surface area (Å²) < 4.78 is -0.649. The zero-order valence-electron chi connectivity index (χ0n) is 11.3. The van der Waals surface area contributed by atoms with E-state index in [0.29, 0.717) is 6.42 Å². The van der Waals surface area contributed by atoms with Gasteiger partial charge in [0.05, 0.1) is 5.37 Å². The SMILES string of the molecule is CC1(C)SC(Cc2ccccc2)N(C(=O)O)[C@H]1C(=O)O. The number of carboxylic acid groups (broad SMARTS) is 2. The van der Waals surface area contributed by atoms with Crippen molar-refractivity contribution >= 4 is 23.8 Å². The second kappa shape index (κ2) is 5.36. The second-order valence-electron chi connectivity index (χ2n) is 5.30. The van der Waals surface area contributed by atoms with Crippen LogP contribution in [0.15, 0.2) is 30.3 Å². The molecule has 1 aromatic rings. The summed E-state index contributed by atoms with van der Waals surface area (Å²) in [5.74, 6) is -1.10. The number of benzene rings is 1. The van der Waals surface area contributed by atoms with Crippen LogP contribution in [0, 0.1) is 0 Å². The molecule has 0 radical (unpaired) electrons. The maximum absolute atomic E-state index is 11.5. The summed E-state index contributed by atoms with van der Waals surface area (Å²) in [6.07, 6.45) is -0.679. The summed E-state index contributed by atoms with van der Waals surface area (Å²) >= 11 is 1.40. The van der Waals surface area contributed by atoms with Gasteiger partial charge < -0.3 is 10.2 Å². The number of nitrogens with zero attached hydrogens (tertiary/aromatic N) is 1. The Labute approximate surface area is 121 Å². The fraction of sp³-hybridized carbons (Fsp3) is 0.429. The van der Waals surface area contributed by atoms with Crippen LogP contribution in [0.5, 0.6) is 0 Å². The van der Waals surface area contributed by atoms with Crippen molar-refractivity contribution in [3.8, 4) is 0 Å². The maximum Gasteiger partial charge on any atom is 0.409 e. The Morgan fingerprint density at radius 3 is 2.35 bits per heavy atom. The molecule has 0 saturated carbocycles. The molecule has 2 atom stereocenters. The molecule has 1 aliphatic heterocycles. The van der Waals surface area contributed by atoms with Crippen molar-refractivity contribution in [1.29, 1.82) is 0 Å². The lowest BCUT2D eigenvalue weighted by atomic mass is 10.0. The van der Waals surface area contributed by atoms with Crippen LogP contribution in [-0.2, 0) is 11.2 Å². The number of carbonyl (C=O) groups is 2. The van der Waals surface area contributed by atoms with Gasteiger partial charge in [-0.1, -0.05) is 30.3 Å². The van der Waals surface area contributed by atoms with Crippen LogP contribution < -0.4 is 0 Å². The lowest BCUT2D eigenvalue weighted by Crippen LogP contribution is -2.50. The highest BCUT2D eigenvalue weighted by molar-refractivity contribution is 8.01. The molecule has 2 rings (SSSR count). The van der Waals surface area contributed by atoms with Crippen LogP contribution in [0.3, 0.4) is 0 Å². The first-order valence-corrected chi connectivity index (χ1v) is 7.16. The van der Waals surface area contributed by atoms with E-state index in [0.717, 1.165) is 10.5 Å². The van der Waals surface area contributed by atoms with Crippen LogP contribution in [-0.4, -0.2) is 43.3 Å². The van der Waals surface area contributed by atoms with Gasteiger partial charge in [-0.2, -0.15) is 0 Å². The number of aliphatic carboxylic acids is 1. The lowest BCUT2D eigenvalue weighted by Gasteiger charge is -2.27. The third-order valence-corrected chi connectivity index (χ3v) is 4.89. The van der Waals surface area contributed by atoms with Crippen molar-refractivity contribution in [3.63, 3.8) is 0 Å². The van der Waals surface area contributed by atoms with E-state index in [1.165, 1.54) is 11.8 Å². The Kier molecular flexibility index (Phi) is 3.94. The van der Waals surface area contributed by atoms with Gasteiger partial charge in [0.1, 0.15) is 6.04 Å². The minimum absolute atomic E-state index is 0.383. The maximum atomic E-state index is 11.5. The highest BCUT2D eigenvalue weighted by Gasteiger charge is 2.53. The molecule has 1 unspecified atom stereocenters. The molecule has 1 aromatic carbocycles. The van der Waals surface area contributed by atoms with Crippen LogP contribution in [0.4, 0.5) is 4.79 Å². The fourth-order valence-corrected chi connectivity index (χ4v) is 4.22. The molecule has 108 valence electrons. The van der Waals surface area contributed by atoms with E-state index < -0.39 is 22.9 Å². The molecule has 0 aliphatic carbocycles. The average Bonchev–Trinajstić information content (AvgIpc) is 2.61. The Balaban J connectivity index is 2.29. The van der Waals surface area contributed by atoms with E-state index in [-0.39, 0.29) is 5.37 Å². The zero-order valence-corrected chi connectivity index (χ0v) is 12.1. The van der Waals surface area contributed by atoms with Crippen molar-refractivity contribution in [2.24, 2.45) is 0 Å². The molecule has 2 N–H and O–H groups in total. The average molecular weight is 295 g/mol. The van der Waals surface area contributed by atoms with Crippen LogP contribution in [0.25, 0.3) is 0 Å². The van der Waals surface area contributed by atoms with E-state index in [1.807, 2.05) is 30.3 Å². The molecule has 1 heterocycles. The molecule has 1 saturated heterocycles. The van der Waals surface area contributed by atoms with Crippen LogP contribution >= 0.6 is 11.8 Å². The number of thioether (sulfide) groups is 1. The number of rotatable bonds is 3. The van der Waals surface area contributed by atoms with Crippen LogP contribution in [0.1, 0.15) is 19.4 Å². The van der Waals surface area contributed by atoms with Crippen molar-refractivity contribution in [3.05, 3.63) is 35.9 Å². The predicted octanol–water partition coefficient (Wildman–Crippen LogP) is 2.51. The van der Waals surface area contributed by atoms with Gasteiger partial charge in [0.2, 0.25) is 0 Å². The summed E-state index contributed by atoms with van der Waals surface area (Å²) in [7, 11) is 0. The van der Waals surface area contributed by atoms with Gasteiger partial charge in [0.25, 0.3) is 0 Å². The summed E-state index contributed by atoms with van der Waals surface area (Å²) in [5, 5.41) is 18.3. The largest absolute Gasteiger partial charge is 0.480 e. The van der Waals surface area contributed by atoms with Crippen molar-refractivity contribution in [2.45, 2.75) is 36.4 Å². The first kappa shape index (κ1) is 14.7. The Hall–Kier alpha value is -1.69. The normalized spacial score (nSPS) is 24.6. The number of hydrogen-bond acceptors (Lipinski definition) is 3. The smallest absolute Gasteiger partial charge is 0.409 e. The summed E-state index contributed by atoms with van der Waals surface area (Å²) in [6.45, 7) is 3.55. The first-order valence-electron chi connectivity index (χ1n) is 6.29. The Morgan fingerprint density at radius 2 is 1.85 bits per heavy atom. The van der Waals surface area contributed by atoms with Gasteiger partial charge in [-0.3, -0.25) is 4.90 Å². The molecule has 6 heteroatoms. The van der Waals surface area contributed by atoms with Gasteiger partial charge in [-0.05, 0) is 19.4 Å². The third kappa shape index (κ3) is 2.75. The van der Waals surface area contributed by atoms with Gasteiger partial charge >= 0.3 is 12.1 Å². The van der Waals surface area contributed by atoms with Gasteiger partial charge in [-0.25, -0.2) is 9.59 Å². The molecule has 1 fully saturated rings. The van der Waals surface area contributed by atoms with Crippen LogP contribution in [0.2, 0.25) is 0 Å². The second-order valence-corrected chi connectivity index (χ2v) is 7.13.